The first-order valence-corrected chi connectivity index (χ1v) is 6.28. The summed E-state index contributed by atoms with van der Waals surface area (Å²) in [7, 11) is 1.69. The molecule has 2 rings (SSSR count). The van der Waals surface area contributed by atoms with E-state index in [9.17, 15) is 20.0 Å². The first-order valence-electron chi connectivity index (χ1n) is 6.28. The van der Waals surface area contributed by atoms with Gasteiger partial charge in [0, 0.05) is 37.7 Å². The molecule has 7 nitrogen and oxygen atoms in total. The third kappa shape index (κ3) is 2.72. The molecule has 2 atom stereocenters. The predicted molar refractivity (Wildman–Crippen MR) is 70.4 cm³/mol. The highest BCUT2D eigenvalue weighted by molar-refractivity contribution is 5.83. The summed E-state index contributed by atoms with van der Waals surface area (Å²) in [6.07, 6.45) is -0.955. The van der Waals surface area contributed by atoms with Gasteiger partial charge in [-0.05, 0) is 13.0 Å². The molecule has 20 heavy (non-hydrogen) atoms. The van der Waals surface area contributed by atoms with Crippen molar-refractivity contribution in [2.45, 2.75) is 25.6 Å². The van der Waals surface area contributed by atoms with Gasteiger partial charge >= 0.3 is 0 Å². The fraction of sp³-hybridized carbons (Fsp3) is 0.462. The maximum absolute atomic E-state index is 11.8. The van der Waals surface area contributed by atoms with Gasteiger partial charge in [-0.2, -0.15) is 0 Å². The summed E-state index contributed by atoms with van der Waals surface area (Å²) >= 11 is 0. The average Bonchev–Trinajstić information content (AvgIpc) is 2.70. The lowest BCUT2D eigenvalue weighted by Gasteiger charge is -2.17. The number of nitrogens with zero attached hydrogens (tertiary/aromatic N) is 2. The van der Waals surface area contributed by atoms with Crippen molar-refractivity contribution >= 4 is 11.6 Å². The number of rotatable bonds is 4. The lowest BCUT2D eigenvalue weighted by Crippen LogP contribution is -2.29. The molecule has 1 saturated heterocycles. The fourth-order valence-electron chi connectivity index (χ4n) is 2.14. The van der Waals surface area contributed by atoms with Gasteiger partial charge in [0.2, 0.25) is 0 Å². The Morgan fingerprint density at radius 2 is 2.25 bits per heavy atom. The number of nitro benzene ring substituents is 1. The Morgan fingerprint density at radius 3 is 2.75 bits per heavy atom. The number of aliphatic hydroxyl groups excluding tert-OH is 1. The highest BCUT2D eigenvalue weighted by Gasteiger charge is 2.31. The van der Waals surface area contributed by atoms with Crippen LogP contribution in [-0.4, -0.2) is 40.5 Å². The first kappa shape index (κ1) is 14.3. The third-order valence-corrected chi connectivity index (χ3v) is 3.30. The second-order valence-electron chi connectivity index (χ2n) is 4.81. The van der Waals surface area contributed by atoms with Gasteiger partial charge in [0.25, 0.3) is 11.6 Å². The van der Waals surface area contributed by atoms with E-state index in [4.69, 9.17) is 4.74 Å². The predicted octanol–water partition coefficient (Wildman–Crippen LogP) is 1.26. The molecule has 1 heterocycles. The van der Waals surface area contributed by atoms with Gasteiger partial charge in [-0.25, -0.2) is 0 Å². The number of nitro groups is 1. The zero-order valence-corrected chi connectivity index (χ0v) is 11.3. The standard InChI is InChI=1S/C13H16N2O5/c1-8(16)10-7-9(15(18)19)3-4-11(10)20-12-5-6-14(2)13(12)17/h3-4,7-8,12,16H,5-6H2,1-2H3/t8-,12?/m1/s1. The first-order chi connectivity index (χ1) is 9.40. The van der Waals surface area contributed by atoms with Crippen LogP contribution >= 0.6 is 0 Å². The molecule has 1 aromatic rings. The van der Waals surface area contributed by atoms with Crippen LogP contribution in [0.25, 0.3) is 0 Å². The van der Waals surface area contributed by atoms with Crippen LogP contribution in [0, 0.1) is 10.1 Å². The lowest BCUT2D eigenvalue weighted by molar-refractivity contribution is -0.385. The van der Waals surface area contributed by atoms with E-state index in [-0.39, 0.29) is 11.6 Å². The number of aliphatic hydroxyl groups is 1. The Morgan fingerprint density at radius 1 is 1.55 bits per heavy atom. The molecule has 1 amide bonds. The Balaban J connectivity index is 2.27. The van der Waals surface area contributed by atoms with E-state index in [1.165, 1.54) is 25.1 Å². The summed E-state index contributed by atoms with van der Waals surface area (Å²) in [5.74, 6) is 0.180. The van der Waals surface area contributed by atoms with E-state index < -0.39 is 17.1 Å². The number of hydrogen-bond donors (Lipinski definition) is 1. The van der Waals surface area contributed by atoms with Crippen molar-refractivity contribution < 1.29 is 19.6 Å². The van der Waals surface area contributed by atoms with Crippen LogP contribution in [0.4, 0.5) is 5.69 Å². The molecule has 1 aliphatic heterocycles. The van der Waals surface area contributed by atoms with Crippen LogP contribution in [0.2, 0.25) is 0 Å². The molecule has 0 saturated carbocycles. The number of carbonyl (C=O) groups is 1. The summed E-state index contributed by atoms with van der Waals surface area (Å²) in [6.45, 7) is 2.11. The van der Waals surface area contributed by atoms with E-state index >= 15 is 0 Å². The minimum Gasteiger partial charge on any atom is -0.480 e. The SMILES string of the molecule is C[C@@H](O)c1cc([N+](=O)[O-])ccc1OC1CCN(C)C1=O. The second-order valence-corrected chi connectivity index (χ2v) is 4.81. The van der Waals surface area contributed by atoms with Crippen molar-refractivity contribution in [2.75, 3.05) is 13.6 Å². The van der Waals surface area contributed by atoms with Crippen LogP contribution in [-0.2, 0) is 4.79 Å². The molecule has 0 aromatic heterocycles. The number of hydrogen-bond acceptors (Lipinski definition) is 5. The molecule has 0 bridgehead atoms. The van der Waals surface area contributed by atoms with Crippen molar-refractivity contribution in [1.82, 2.24) is 4.90 Å². The van der Waals surface area contributed by atoms with Gasteiger partial charge in [0.05, 0.1) is 11.0 Å². The molecule has 1 fully saturated rings. The normalized spacial score (nSPS) is 20.1. The van der Waals surface area contributed by atoms with Crippen LogP contribution < -0.4 is 4.74 Å². The van der Waals surface area contributed by atoms with E-state index in [2.05, 4.69) is 0 Å². The number of ether oxygens (including phenoxy) is 1. The summed E-state index contributed by atoms with van der Waals surface area (Å²) in [5.41, 5.74) is 0.185. The molecule has 1 aromatic carbocycles. The minimum absolute atomic E-state index is 0.122. The zero-order chi connectivity index (χ0) is 14.9. The molecule has 7 heteroatoms. The van der Waals surface area contributed by atoms with Gasteiger partial charge in [-0.1, -0.05) is 0 Å². The largest absolute Gasteiger partial charge is 0.480 e. The van der Waals surface area contributed by atoms with Crippen LogP contribution in [0.5, 0.6) is 5.75 Å². The number of benzene rings is 1. The number of non-ortho nitro benzene ring substituents is 1. The van der Waals surface area contributed by atoms with Crippen LogP contribution in [0.15, 0.2) is 18.2 Å². The van der Waals surface area contributed by atoms with E-state index in [1.54, 1.807) is 11.9 Å². The molecule has 0 radical (unpaired) electrons. The third-order valence-electron chi connectivity index (χ3n) is 3.30. The van der Waals surface area contributed by atoms with Crippen LogP contribution in [0.1, 0.15) is 25.0 Å². The summed E-state index contributed by atoms with van der Waals surface area (Å²) in [4.78, 5) is 23.6. The number of likely N-dealkylation sites (tertiary alicyclic amines) is 1. The minimum atomic E-state index is -0.917. The highest BCUT2D eigenvalue weighted by atomic mass is 16.6. The van der Waals surface area contributed by atoms with Gasteiger partial charge in [0.15, 0.2) is 6.10 Å². The Kier molecular flexibility index (Phi) is 3.89. The molecule has 1 N–H and O–H groups in total. The molecular formula is C13H16N2O5. The maximum atomic E-state index is 11.8. The summed E-state index contributed by atoms with van der Waals surface area (Å²) < 4.78 is 5.61. The van der Waals surface area contributed by atoms with E-state index in [1.807, 2.05) is 0 Å². The van der Waals surface area contributed by atoms with Gasteiger partial charge < -0.3 is 14.7 Å². The molecule has 108 valence electrons. The van der Waals surface area contributed by atoms with Crippen molar-refractivity contribution in [2.24, 2.45) is 0 Å². The Bertz CT molecular complexity index is 544. The maximum Gasteiger partial charge on any atom is 0.270 e. The highest BCUT2D eigenvalue weighted by Crippen LogP contribution is 2.31. The van der Waals surface area contributed by atoms with Crippen molar-refractivity contribution in [3.05, 3.63) is 33.9 Å². The zero-order valence-electron chi connectivity index (χ0n) is 11.3. The second kappa shape index (κ2) is 5.46. The molecule has 1 aliphatic rings. The lowest BCUT2D eigenvalue weighted by atomic mass is 10.1. The molecule has 1 unspecified atom stereocenters. The monoisotopic (exact) mass is 280 g/mol. The van der Waals surface area contributed by atoms with Gasteiger partial charge in [-0.15, -0.1) is 0 Å². The number of amides is 1. The smallest absolute Gasteiger partial charge is 0.270 e. The van der Waals surface area contributed by atoms with E-state index in [0.29, 0.717) is 24.3 Å². The van der Waals surface area contributed by atoms with Gasteiger partial charge in [-0.3, -0.25) is 14.9 Å². The van der Waals surface area contributed by atoms with E-state index in [0.717, 1.165) is 0 Å². The molecule has 0 aliphatic carbocycles. The number of likely N-dealkylation sites (N-methyl/N-ethyl adjacent to an activating group) is 1. The van der Waals surface area contributed by atoms with Gasteiger partial charge in [0.1, 0.15) is 5.75 Å². The quantitative estimate of drug-likeness (QED) is 0.662. The summed E-state index contributed by atoms with van der Waals surface area (Å²) in [5, 5.41) is 20.5. The Hall–Kier alpha value is -2.15. The average molecular weight is 280 g/mol. The topological polar surface area (TPSA) is 92.9 Å². The molecule has 0 spiro atoms. The summed E-state index contributed by atoms with van der Waals surface area (Å²) in [6, 6.07) is 3.99. The number of carbonyl (C=O) groups excluding carboxylic acids is 1. The fourth-order valence-corrected chi connectivity index (χ4v) is 2.14. The van der Waals surface area contributed by atoms with Crippen LogP contribution in [0.3, 0.4) is 0 Å². The van der Waals surface area contributed by atoms with Crippen molar-refractivity contribution in [3.63, 3.8) is 0 Å². The molecular weight excluding hydrogens is 264 g/mol. The van der Waals surface area contributed by atoms with Crippen molar-refractivity contribution in [1.29, 1.82) is 0 Å². The Labute approximate surface area is 115 Å². The van der Waals surface area contributed by atoms with Crippen molar-refractivity contribution in [3.8, 4) is 5.75 Å².